The van der Waals surface area contributed by atoms with Gasteiger partial charge in [-0.25, -0.2) is 0 Å². The van der Waals surface area contributed by atoms with Gasteiger partial charge in [0.2, 0.25) is 5.91 Å². The summed E-state index contributed by atoms with van der Waals surface area (Å²) in [6.07, 6.45) is 1.67. The van der Waals surface area contributed by atoms with Gasteiger partial charge in [-0.3, -0.25) is 9.89 Å². The molecule has 1 aromatic rings. The summed E-state index contributed by atoms with van der Waals surface area (Å²) in [4.78, 5) is 13.6. The third kappa shape index (κ3) is 2.23. The van der Waals surface area contributed by atoms with Crippen molar-refractivity contribution in [2.45, 2.75) is 6.04 Å². The van der Waals surface area contributed by atoms with E-state index in [-0.39, 0.29) is 18.6 Å². The highest BCUT2D eigenvalue weighted by Crippen LogP contribution is 2.22. The number of methoxy groups -OCH3 is 1. The summed E-state index contributed by atoms with van der Waals surface area (Å²) >= 11 is 0. The van der Waals surface area contributed by atoms with E-state index in [0.29, 0.717) is 19.8 Å². The zero-order chi connectivity index (χ0) is 11.4. The number of rotatable bonds is 3. The van der Waals surface area contributed by atoms with Gasteiger partial charge in [0.1, 0.15) is 6.61 Å². The van der Waals surface area contributed by atoms with E-state index in [1.165, 1.54) is 7.11 Å². The Labute approximate surface area is 93.5 Å². The first-order valence-corrected chi connectivity index (χ1v) is 5.18. The van der Waals surface area contributed by atoms with Gasteiger partial charge >= 0.3 is 0 Å². The van der Waals surface area contributed by atoms with E-state index in [1.54, 1.807) is 11.1 Å². The van der Waals surface area contributed by atoms with E-state index in [2.05, 4.69) is 10.2 Å². The molecule has 1 N–H and O–H groups in total. The molecule has 0 unspecified atom stereocenters. The van der Waals surface area contributed by atoms with Crippen molar-refractivity contribution in [2.24, 2.45) is 0 Å². The van der Waals surface area contributed by atoms with Crippen molar-refractivity contribution in [3.63, 3.8) is 0 Å². The fraction of sp³-hybridized carbons (Fsp3) is 0.600. The van der Waals surface area contributed by atoms with Gasteiger partial charge in [-0.1, -0.05) is 0 Å². The fourth-order valence-electron chi connectivity index (χ4n) is 1.82. The summed E-state index contributed by atoms with van der Waals surface area (Å²) in [6, 6.07) is 1.77. The van der Waals surface area contributed by atoms with Crippen LogP contribution in [0.1, 0.15) is 11.7 Å². The summed E-state index contributed by atoms with van der Waals surface area (Å²) in [5.41, 5.74) is 0.893. The van der Waals surface area contributed by atoms with Crippen molar-refractivity contribution in [3.8, 4) is 0 Å². The monoisotopic (exact) mass is 225 g/mol. The summed E-state index contributed by atoms with van der Waals surface area (Å²) in [7, 11) is 1.52. The van der Waals surface area contributed by atoms with E-state index in [9.17, 15) is 4.79 Å². The Morgan fingerprint density at radius 1 is 1.81 bits per heavy atom. The minimum atomic E-state index is -0.0844. The van der Waals surface area contributed by atoms with Crippen LogP contribution >= 0.6 is 0 Å². The van der Waals surface area contributed by atoms with Gasteiger partial charge in [0.15, 0.2) is 0 Å². The molecule has 1 aliphatic rings. The highest BCUT2D eigenvalue weighted by Gasteiger charge is 2.29. The van der Waals surface area contributed by atoms with Crippen molar-refractivity contribution in [1.29, 1.82) is 0 Å². The predicted octanol–water partition coefficient (Wildman–Crippen LogP) is -0.0440. The maximum absolute atomic E-state index is 11.8. The molecule has 1 aliphatic heterocycles. The van der Waals surface area contributed by atoms with E-state index in [0.717, 1.165) is 5.69 Å². The number of hydrogen-bond donors (Lipinski definition) is 1. The van der Waals surface area contributed by atoms with E-state index in [4.69, 9.17) is 9.47 Å². The van der Waals surface area contributed by atoms with Crippen LogP contribution in [-0.4, -0.2) is 54.5 Å². The predicted molar refractivity (Wildman–Crippen MR) is 55.7 cm³/mol. The van der Waals surface area contributed by atoms with Gasteiger partial charge in [0.25, 0.3) is 0 Å². The molecule has 1 fully saturated rings. The Kier molecular flexibility index (Phi) is 3.53. The Morgan fingerprint density at radius 2 is 2.69 bits per heavy atom. The lowest BCUT2D eigenvalue weighted by Gasteiger charge is -2.34. The Morgan fingerprint density at radius 3 is 3.38 bits per heavy atom. The largest absolute Gasteiger partial charge is 0.377 e. The quantitative estimate of drug-likeness (QED) is 0.783. The molecule has 0 spiro atoms. The second-order valence-corrected chi connectivity index (χ2v) is 3.62. The lowest BCUT2D eigenvalue weighted by Crippen LogP contribution is -2.45. The van der Waals surface area contributed by atoms with Gasteiger partial charge in [0, 0.05) is 19.9 Å². The van der Waals surface area contributed by atoms with Crippen LogP contribution < -0.4 is 0 Å². The molecule has 2 heterocycles. The van der Waals surface area contributed by atoms with Crippen molar-refractivity contribution in [2.75, 3.05) is 33.5 Å². The maximum atomic E-state index is 11.8. The average Bonchev–Trinajstić information content (AvgIpc) is 2.83. The molecule has 6 heteroatoms. The van der Waals surface area contributed by atoms with Crippen molar-refractivity contribution >= 4 is 5.91 Å². The molecule has 1 aromatic heterocycles. The summed E-state index contributed by atoms with van der Waals surface area (Å²) in [6.45, 7) is 1.76. The van der Waals surface area contributed by atoms with Crippen LogP contribution in [0.3, 0.4) is 0 Å². The Bertz CT molecular complexity index is 339. The minimum Gasteiger partial charge on any atom is -0.377 e. The summed E-state index contributed by atoms with van der Waals surface area (Å²) < 4.78 is 10.2. The average molecular weight is 225 g/mol. The highest BCUT2D eigenvalue weighted by molar-refractivity contribution is 5.78. The zero-order valence-electron chi connectivity index (χ0n) is 9.18. The number of carbonyl (C=O) groups excluding carboxylic acids is 1. The maximum Gasteiger partial charge on any atom is 0.249 e. The number of hydrogen-bond acceptors (Lipinski definition) is 4. The second kappa shape index (κ2) is 5.09. The molecule has 1 atom stereocenters. The van der Waals surface area contributed by atoms with Gasteiger partial charge in [-0.2, -0.15) is 5.10 Å². The molecule has 6 nitrogen and oxygen atoms in total. The minimum absolute atomic E-state index is 0.0228. The fourth-order valence-corrected chi connectivity index (χ4v) is 1.82. The van der Waals surface area contributed by atoms with Gasteiger partial charge in [0.05, 0.1) is 24.9 Å². The first-order valence-electron chi connectivity index (χ1n) is 5.18. The number of aromatic nitrogens is 2. The van der Waals surface area contributed by atoms with Crippen LogP contribution in [0.25, 0.3) is 0 Å². The van der Waals surface area contributed by atoms with Crippen molar-refractivity contribution in [3.05, 3.63) is 18.0 Å². The lowest BCUT2D eigenvalue weighted by atomic mass is 10.1. The molecule has 1 saturated heterocycles. The number of nitrogens with one attached hydrogen (secondary N) is 1. The van der Waals surface area contributed by atoms with Crippen LogP contribution in [0.5, 0.6) is 0 Å². The number of morpholine rings is 1. The third-order valence-corrected chi connectivity index (χ3v) is 2.60. The molecule has 0 aromatic carbocycles. The molecule has 1 amide bonds. The van der Waals surface area contributed by atoms with E-state index >= 15 is 0 Å². The molecule has 16 heavy (non-hydrogen) atoms. The SMILES string of the molecule is COCC(=O)N1CCOC[C@H]1c1ccn[nH]1. The van der Waals surface area contributed by atoms with E-state index in [1.807, 2.05) is 6.07 Å². The summed E-state index contributed by atoms with van der Waals surface area (Å²) in [5.74, 6) is -0.0228. The Hall–Kier alpha value is -1.40. The molecular formula is C10H15N3O3. The number of H-pyrrole nitrogens is 1. The molecule has 0 aliphatic carbocycles. The Balaban J connectivity index is 2.11. The highest BCUT2D eigenvalue weighted by atomic mass is 16.5. The zero-order valence-corrected chi connectivity index (χ0v) is 9.18. The topological polar surface area (TPSA) is 67.4 Å². The van der Waals surface area contributed by atoms with Crippen LogP contribution in [0, 0.1) is 0 Å². The summed E-state index contributed by atoms with van der Waals surface area (Å²) in [5, 5.41) is 6.76. The number of ether oxygens (including phenoxy) is 2. The van der Waals surface area contributed by atoms with Crippen LogP contribution in [0.2, 0.25) is 0 Å². The standard InChI is InChI=1S/C10H15N3O3/c1-15-7-10(14)13-4-5-16-6-9(13)8-2-3-11-12-8/h2-3,9H,4-7H2,1H3,(H,11,12)/t9-/m0/s1. The van der Waals surface area contributed by atoms with Gasteiger partial charge < -0.3 is 14.4 Å². The molecule has 0 radical (unpaired) electrons. The molecule has 88 valence electrons. The van der Waals surface area contributed by atoms with Crippen molar-refractivity contribution < 1.29 is 14.3 Å². The molecule has 0 bridgehead atoms. The number of amides is 1. The van der Waals surface area contributed by atoms with Crippen LogP contribution in [0.4, 0.5) is 0 Å². The first kappa shape index (κ1) is 11.1. The molecular weight excluding hydrogens is 210 g/mol. The first-order chi connectivity index (χ1) is 7.83. The third-order valence-electron chi connectivity index (χ3n) is 2.60. The molecule has 0 saturated carbocycles. The number of nitrogens with zero attached hydrogens (tertiary/aromatic N) is 2. The lowest BCUT2D eigenvalue weighted by molar-refractivity contribution is -0.144. The smallest absolute Gasteiger partial charge is 0.249 e. The van der Waals surface area contributed by atoms with Crippen molar-refractivity contribution in [1.82, 2.24) is 15.1 Å². The number of aromatic amines is 1. The molecule has 2 rings (SSSR count). The van der Waals surface area contributed by atoms with E-state index < -0.39 is 0 Å². The number of carbonyl (C=O) groups is 1. The van der Waals surface area contributed by atoms with Gasteiger partial charge in [-0.05, 0) is 6.07 Å². The van der Waals surface area contributed by atoms with Crippen LogP contribution in [-0.2, 0) is 14.3 Å². The second-order valence-electron chi connectivity index (χ2n) is 3.62. The normalized spacial score (nSPS) is 21.1. The van der Waals surface area contributed by atoms with Crippen LogP contribution in [0.15, 0.2) is 12.3 Å². The van der Waals surface area contributed by atoms with Gasteiger partial charge in [-0.15, -0.1) is 0 Å².